The fraction of sp³-hybridized carbons (Fsp3) is 0.312. The molecule has 0 aliphatic carbocycles. The molecular formula is C16H18F2N4O2S. The molecular weight excluding hydrogens is 350 g/mol. The number of aromatic nitrogens is 3. The van der Waals surface area contributed by atoms with Crippen molar-refractivity contribution in [1.82, 2.24) is 14.8 Å². The van der Waals surface area contributed by atoms with Gasteiger partial charge in [0.1, 0.15) is 4.90 Å². The maximum atomic E-state index is 13.5. The molecule has 134 valence electrons. The molecule has 3 aromatic rings. The highest BCUT2D eigenvalue weighted by Crippen LogP contribution is 2.28. The van der Waals surface area contributed by atoms with Gasteiger partial charge in [-0.25, -0.2) is 17.2 Å². The second-order valence-electron chi connectivity index (χ2n) is 5.82. The van der Waals surface area contributed by atoms with Crippen LogP contribution < -0.4 is 4.72 Å². The zero-order chi connectivity index (χ0) is 18.2. The van der Waals surface area contributed by atoms with E-state index in [1.165, 1.54) is 12.4 Å². The maximum Gasteiger partial charge on any atom is 0.265 e. The standard InChI is InChI=1S/C16H18F2N4O2S/c1-3-4-5-22-9-16(10(2)20-22)25(23,24)21-15-8-19-14-7-13(18)12(17)6-11(14)15/h6-9,19,21H,3-5H2,1-2H3. The molecule has 2 N–H and O–H groups in total. The minimum Gasteiger partial charge on any atom is -0.359 e. The van der Waals surface area contributed by atoms with Gasteiger partial charge in [-0.3, -0.25) is 9.40 Å². The van der Waals surface area contributed by atoms with Crippen LogP contribution >= 0.6 is 0 Å². The summed E-state index contributed by atoms with van der Waals surface area (Å²) in [6.45, 7) is 4.28. The second kappa shape index (κ2) is 6.47. The SMILES string of the molecule is CCCCn1cc(S(=O)(=O)Nc2c[nH]c3cc(F)c(F)cc23)c(C)n1. The number of unbranched alkanes of at least 4 members (excludes halogenated alkanes) is 1. The smallest absolute Gasteiger partial charge is 0.265 e. The highest BCUT2D eigenvalue weighted by atomic mass is 32.2. The summed E-state index contributed by atoms with van der Waals surface area (Å²) in [5, 5.41) is 4.46. The molecule has 0 fully saturated rings. The monoisotopic (exact) mass is 368 g/mol. The third-order valence-electron chi connectivity index (χ3n) is 3.90. The number of nitrogens with zero attached hydrogens (tertiary/aromatic N) is 2. The van der Waals surface area contributed by atoms with Crippen molar-refractivity contribution in [2.75, 3.05) is 4.72 Å². The fourth-order valence-electron chi connectivity index (χ4n) is 2.60. The Hall–Kier alpha value is -2.42. The summed E-state index contributed by atoms with van der Waals surface area (Å²) in [6, 6.07) is 1.94. The van der Waals surface area contributed by atoms with Crippen molar-refractivity contribution in [3.63, 3.8) is 0 Å². The molecule has 1 aromatic carbocycles. The molecule has 0 aliphatic heterocycles. The number of benzene rings is 1. The van der Waals surface area contributed by atoms with Gasteiger partial charge in [-0.1, -0.05) is 13.3 Å². The van der Waals surface area contributed by atoms with Crippen molar-refractivity contribution >= 4 is 26.6 Å². The number of rotatable bonds is 6. The molecule has 0 radical (unpaired) electrons. The van der Waals surface area contributed by atoms with Crippen molar-refractivity contribution in [3.05, 3.63) is 41.9 Å². The molecule has 0 spiro atoms. The van der Waals surface area contributed by atoms with E-state index < -0.39 is 21.7 Å². The Labute approximate surface area is 143 Å². The van der Waals surface area contributed by atoms with Crippen LogP contribution in [0.4, 0.5) is 14.5 Å². The summed E-state index contributed by atoms with van der Waals surface area (Å²) in [7, 11) is -3.90. The summed E-state index contributed by atoms with van der Waals surface area (Å²) >= 11 is 0. The zero-order valence-electron chi connectivity index (χ0n) is 13.8. The number of nitrogens with one attached hydrogen (secondary N) is 2. The first kappa shape index (κ1) is 17.4. The molecule has 9 heteroatoms. The number of fused-ring (bicyclic) bond motifs is 1. The predicted octanol–water partition coefficient (Wildman–Crippen LogP) is 3.55. The Kier molecular flexibility index (Phi) is 4.51. The summed E-state index contributed by atoms with van der Waals surface area (Å²) in [4.78, 5) is 2.78. The van der Waals surface area contributed by atoms with Gasteiger partial charge in [0.15, 0.2) is 11.6 Å². The molecule has 2 heterocycles. The van der Waals surface area contributed by atoms with E-state index in [4.69, 9.17) is 0 Å². The van der Waals surface area contributed by atoms with Crippen molar-refractivity contribution in [2.24, 2.45) is 0 Å². The molecule has 6 nitrogen and oxygen atoms in total. The Morgan fingerprint density at radius 1 is 1.28 bits per heavy atom. The average Bonchev–Trinajstić information content (AvgIpc) is 3.10. The van der Waals surface area contributed by atoms with E-state index in [1.54, 1.807) is 11.6 Å². The van der Waals surface area contributed by atoms with Gasteiger partial charge in [0, 0.05) is 30.4 Å². The second-order valence-corrected chi connectivity index (χ2v) is 7.47. The van der Waals surface area contributed by atoms with E-state index in [0.29, 0.717) is 17.8 Å². The number of aromatic amines is 1. The van der Waals surface area contributed by atoms with Crippen LogP contribution in [0.5, 0.6) is 0 Å². The molecule has 25 heavy (non-hydrogen) atoms. The largest absolute Gasteiger partial charge is 0.359 e. The van der Waals surface area contributed by atoms with Crippen LogP contribution in [0.3, 0.4) is 0 Å². The Morgan fingerprint density at radius 3 is 2.72 bits per heavy atom. The van der Waals surface area contributed by atoms with Gasteiger partial charge < -0.3 is 4.98 Å². The Balaban J connectivity index is 1.94. The van der Waals surface area contributed by atoms with Gasteiger partial charge in [0.2, 0.25) is 0 Å². The van der Waals surface area contributed by atoms with Gasteiger partial charge in [0.05, 0.1) is 16.9 Å². The van der Waals surface area contributed by atoms with E-state index in [1.807, 2.05) is 6.92 Å². The quantitative estimate of drug-likeness (QED) is 0.698. The highest BCUT2D eigenvalue weighted by molar-refractivity contribution is 7.92. The van der Waals surface area contributed by atoms with Gasteiger partial charge >= 0.3 is 0 Å². The fourth-order valence-corrected chi connectivity index (χ4v) is 3.86. The third kappa shape index (κ3) is 3.37. The number of halogens is 2. The lowest BCUT2D eigenvalue weighted by Crippen LogP contribution is -2.13. The topological polar surface area (TPSA) is 79.8 Å². The number of hydrogen-bond donors (Lipinski definition) is 2. The first-order valence-electron chi connectivity index (χ1n) is 7.85. The van der Waals surface area contributed by atoms with Gasteiger partial charge in [0.25, 0.3) is 10.0 Å². The molecule has 0 unspecified atom stereocenters. The molecule has 0 aliphatic rings. The first-order valence-corrected chi connectivity index (χ1v) is 9.33. The third-order valence-corrected chi connectivity index (χ3v) is 5.37. The van der Waals surface area contributed by atoms with Gasteiger partial charge in [-0.15, -0.1) is 0 Å². The Bertz CT molecular complexity index is 1020. The lowest BCUT2D eigenvalue weighted by molar-refractivity contribution is 0.511. The Morgan fingerprint density at radius 2 is 2.00 bits per heavy atom. The molecule has 0 bridgehead atoms. The minimum atomic E-state index is -3.90. The lowest BCUT2D eigenvalue weighted by atomic mass is 10.2. The molecule has 3 rings (SSSR count). The van der Waals surface area contributed by atoms with Gasteiger partial charge in [-0.05, 0) is 19.4 Å². The molecule has 0 atom stereocenters. The van der Waals surface area contributed by atoms with E-state index in [-0.39, 0.29) is 16.0 Å². The van der Waals surface area contributed by atoms with Crippen LogP contribution in [0.2, 0.25) is 0 Å². The first-order chi connectivity index (χ1) is 11.8. The number of aryl methyl sites for hydroxylation is 2. The zero-order valence-corrected chi connectivity index (χ0v) is 14.6. The van der Waals surface area contributed by atoms with E-state index in [0.717, 1.165) is 25.0 Å². The molecule has 0 amide bonds. The minimum absolute atomic E-state index is 0.0561. The number of H-pyrrole nitrogens is 1. The van der Waals surface area contributed by atoms with Crippen LogP contribution in [-0.4, -0.2) is 23.2 Å². The lowest BCUT2D eigenvalue weighted by Gasteiger charge is -2.06. The number of hydrogen-bond acceptors (Lipinski definition) is 3. The van der Waals surface area contributed by atoms with Crippen LogP contribution in [0.15, 0.2) is 29.4 Å². The van der Waals surface area contributed by atoms with Crippen LogP contribution in [-0.2, 0) is 16.6 Å². The summed E-state index contributed by atoms with van der Waals surface area (Å²) in [5.74, 6) is -2.05. The predicted molar refractivity (Wildman–Crippen MR) is 90.9 cm³/mol. The molecule has 0 saturated heterocycles. The highest BCUT2D eigenvalue weighted by Gasteiger charge is 2.22. The van der Waals surface area contributed by atoms with Crippen molar-refractivity contribution < 1.29 is 17.2 Å². The van der Waals surface area contributed by atoms with E-state index >= 15 is 0 Å². The molecule has 0 saturated carbocycles. The number of sulfonamides is 1. The number of anilines is 1. The van der Waals surface area contributed by atoms with E-state index in [9.17, 15) is 17.2 Å². The van der Waals surface area contributed by atoms with Crippen LogP contribution in [0, 0.1) is 18.6 Å². The normalized spacial score (nSPS) is 12.0. The maximum absolute atomic E-state index is 13.5. The average molecular weight is 368 g/mol. The van der Waals surface area contributed by atoms with Crippen molar-refractivity contribution in [3.8, 4) is 0 Å². The van der Waals surface area contributed by atoms with Crippen LogP contribution in [0.25, 0.3) is 10.9 Å². The van der Waals surface area contributed by atoms with Gasteiger partial charge in [-0.2, -0.15) is 5.10 Å². The van der Waals surface area contributed by atoms with E-state index in [2.05, 4.69) is 14.8 Å². The summed E-state index contributed by atoms with van der Waals surface area (Å²) < 4.78 is 56.1. The summed E-state index contributed by atoms with van der Waals surface area (Å²) in [5.41, 5.74) is 0.822. The molecule has 2 aromatic heterocycles. The van der Waals surface area contributed by atoms with Crippen molar-refractivity contribution in [1.29, 1.82) is 0 Å². The van der Waals surface area contributed by atoms with Crippen LogP contribution in [0.1, 0.15) is 25.5 Å². The van der Waals surface area contributed by atoms with Crippen molar-refractivity contribution in [2.45, 2.75) is 38.1 Å². The summed E-state index contributed by atoms with van der Waals surface area (Å²) in [6.07, 6.45) is 4.69.